The Morgan fingerprint density at radius 1 is 0.600 bits per heavy atom. The predicted molar refractivity (Wildman–Crippen MR) is 135 cm³/mol. The lowest BCUT2D eigenvalue weighted by molar-refractivity contribution is 0.898. The van der Waals surface area contributed by atoms with Gasteiger partial charge in [-0.05, 0) is 63.1 Å². The van der Waals surface area contributed by atoms with E-state index in [1.54, 1.807) is 0 Å². The lowest BCUT2D eigenvalue weighted by Crippen LogP contribution is -2.06. The van der Waals surface area contributed by atoms with E-state index in [0.29, 0.717) is 0 Å². The highest BCUT2D eigenvalue weighted by atomic mass is 31.1. The molecule has 0 unspecified atom stereocenters. The molecule has 0 aliphatic heterocycles. The lowest BCUT2D eigenvalue weighted by atomic mass is 10.0. The molecule has 2 N–H and O–H groups in total. The van der Waals surface area contributed by atoms with E-state index < -0.39 is 0 Å². The van der Waals surface area contributed by atoms with Gasteiger partial charge in [-0.1, -0.05) is 77.1 Å². The minimum atomic E-state index is 0.0374. The molecule has 4 heteroatoms. The Labute approximate surface area is 183 Å². The Morgan fingerprint density at radius 3 is 1.37 bits per heavy atom. The third-order valence-corrected chi connectivity index (χ3v) is 7.03. The second-order valence-corrected chi connectivity index (χ2v) is 12.0. The number of aromatic amines is 2. The van der Waals surface area contributed by atoms with Crippen molar-refractivity contribution in [1.82, 2.24) is 9.97 Å². The molecular weight excluding hydrogens is 402 g/mol. The number of rotatable bonds is 6. The van der Waals surface area contributed by atoms with Gasteiger partial charge in [0.15, 0.2) is 0 Å². The SMILES string of the molecule is CC(C)(C=Cc1ccccc1C=CC(C)(C)P=c1cccc[nH]1)P=c1cccc[nH]1. The highest BCUT2D eigenvalue weighted by molar-refractivity contribution is 7.31. The Bertz CT molecular complexity index is 1030. The zero-order valence-electron chi connectivity index (χ0n) is 18.1. The van der Waals surface area contributed by atoms with Crippen molar-refractivity contribution in [2.45, 2.75) is 38.0 Å². The first-order valence-electron chi connectivity index (χ1n) is 10.2. The van der Waals surface area contributed by atoms with Gasteiger partial charge in [-0.3, -0.25) is 0 Å². The maximum atomic E-state index is 3.33. The number of hydrogen-bond donors (Lipinski definition) is 2. The lowest BCUT2D eigenvalue weighted by Gasteiger charge is -2.15. The monoisotopic (exact) mass is 432 g/mol. The molecule has 0 atom stereocenters. The van der Waals surface area contributed by atoms with E-state index in [1.165, 1.54) is 37.7 Å². The van der Waals surface area contributed by atoms with E-state index in [9.17, 15) is 0 Å². The number of benzene rings is 1. The molecule has 3 aromatic rings. The molecule has 0 spiro atoms. The first kappa shape index (κ1) is 22.3. The summed E-state index contributed by atoms with van der Waals surface area (Å²) in [6, 6.07) is 21.0. The summed E-state index contributed by atoms with van der Waals surface area (Å²) in [5.41, 5.74) is 2.49. The van der Waals surface area contributed by atoms with Crippen LogP contribution in [0.15, 0.2) is 85.2 Å². The first-order chi connectivity index (χ1) is 14.3. The van der Waals surface area contributed by atoms with Crippen molar-refractivity contribution in [2.24, 2.45) is 0 Å². The van der Waals surface area contributed by atoms with Crippen molar-refractivity contribution in [1.29, 1.82) is 0 Å². The van der Waals surface area contributed by atoms with Crippen LogP contribution in [0.1, 0.15) is 38.8 Å². The first-order valence-corrected chi connectivity index (χ1v) is 12.0. The smallest absolute Gasteiger partial charge is 0.0621 e. The normalized spacial score (nSPS) is 14.1. The van der Waals surface area contributed by atoms with Gasteiger partial charge < -0.3 is 9.97 Å². The quantitative estimate of drug-likeness (QED) is 0.367. The fourth-order valence-corrected chi connectivity index (χ4v) is 5.14. The Balaban J connectivity index is 1.84. The van der Waals surface area contributed by atoms with E-state index in [4.69, 9.17) is 0 Å². The van der Waals surface area contributed by atoms with Crippen LogP contribution < -0.4 is 0 Å². The van der Waals surface area contributed by atoms with Crippen LogP contribution in [0.4, 0.5) is 0 Å². The van der Waals surface area contributed by atoms with Gasteiger partial charge in [0, 0.05) is 22.7 Å². The van der Waals surface area contributed by atoms with Crippen LogP contribution in [0.2, 0.25) is 0 Å². The molecule has 3 rings (SSSR count). The maximum absolute atomic E-state index is 3.33. The summed E-state index contributed by atoms with van der Waals surface area (Å²) < 4.78 is 0. The number of nitrogens with one attached hydrogen (secondary N) is 2. The molecule has 0 amide bonds. The van der Waals surface area contributed by atoms with Crippen LogP contribution in [0.5, 0.6) is 0 Å². The minimum absolute atomic E-state index is 0.0374. The van der Waals surface area contributed by atoms with E-state index in [0.717, 1.165) is 0 Å². The number of pyridine rings is 2. The third-order valence-electron chi connectivity index (χ3n) is 4.54. The largest absolute Gasteiger partial charge is 0.358 e. The van der Waals surface area contributed by atoms with E-state index in [1.807, 2.05) is 24.5 Å². The molecule has 30 heavy (non-hydrogen) atoms. The molecule has 2 nitrogen and oxygen atoms in total. The zero-order chi connectivity index (χ0) is 21.5. The average molecular weight is 432 g/mol. The van der Waals surface area contributed by atoms with Gasteiger partial charge in [-0.25, -0.2) is 0 Å². The third kappa shape index (κ3) is 7.13. The van der Waals surface area contributed by atoms with Gasteiger partial charge in [0.1, 0.15) is 0 Å². The maximum Gasteiger partial charge on any atom is 0.0621 e. The van der Waals surface area contributed by atoms with Crippen molar-refractivity contribution < 1.29 is 0 Å². The van der Waals surface area contributed by atoms with Crippen LogP contribution >= 0.6 is 16.4 Å². The van der Waals surface area contributed by atoms with Crippen LogP contribution in [-0.4, -0.2) is 20.3 Å². The number of allylic oxidation sites excluding steroid dienone is 2. The zero-order valence-corrected chi connectivity index (χ0v) is 19.9. The van der Waals surface area contributed by atoms with Gasteiger partial charge >= 0.3 is 0 Å². The second kappa shape index (κ2) is 10.1. The molecule has 0 radical (unpaired) electrons. The summed E-state index contributed by atoms with van der Waals surface area (Å²) in [7, 11) is 2.52. The topological polar surface area (TPSA) is 31.6 Å². The molecule has 2 aromatic heterocycles. The van der Waals surface area contributed by atoms with Gasteiger partial charge in [0.05, 0.1) is 10.1 Å². The van der Waals surface area contributed by atoms with Crippen molar-refractivity contribution >= 4 is 28.6 Å². The summed E-state index contributed by atoms with van der Waals surface area (Å²) in [6.45, 7) is 9.07. The minimum Gasteiger partial charge on any atom is -0.358 e. The van der Waals surface area contributed by atoms with Gasteiger partial charge in [0.25, 0.3) is 0 Å². The van der Waals surface area contributed by atoms with E-state index in [2.05, 4.69) is 110 Å². The van der Waals surface area contributed by atoms with Gasteiger partial charge in [0.2, 0.25) is 0 Å². The van der Waals surface area contributed by atoms with Crippen LogP contribution in [0.3, 0.4) is 0 Å². The summed E-state index contributed by atoms with van der Waals surface area (Å²) in [4.78, 5) is 6.66. The fraction of sp³-hybridized carbons (Fsp3) is 0.231. The van der Waals surface area contributed by atoms with E-state index in [-0.39, 0.29) is 10.3 Å². The molecule has 0 aliphatic carbocycles. The van der Waals surface area contributed by atoms with Crippen LogP contribution in [-0.2, 0) is 0 Å². The second-order valence-electron chi connectivity index (χ2n) is 8.32. The van der Waals surface area contributed by atoms with Crippen molar-refractivity contribution in [2.75, 3.05) is 0 Å². The van der Waals surface area contributed by atoms with Crippen LogP contribution in [0, 0.1) is 10.1 Å². The Hall–Kier alpha value is -2.40. The summed E-state index contributed by atoms with van der Waals surface area (Å²) >= 11 is 0. The van der Waals surface area contributed by atoms with Gasteiger partial charge in [-0.15, -0.1) is 0 Å². The summed E-state index contributed by atoms with van der Waals surface area (Å²) in [5.74, 6) is 0. The highest BCUT2D eigenvalue weighted by Gasteiger charge is 2.12. The molecule has 0 saturated carbocycles. The van der Waals surface area contributed by atoms with Gasteiger partial charge in [-0.2, -0.15) is 0 Å². The summed E-state index contributed by atoms with van der Waals surface area (Å²) in [6.07, 6.45) is 13.1. The van der Waals surface area contributed by atoms with Crippen molar-refractivity contribution in [3.05, 3.63) is 106 Å². The molecule has 1 aromatic carbocycles. The highest BCUT2D eigenvalue weighted by Crippen LogP contribution is 2.30. The van der Waals surface area contributed by atoms with E-state index >= 15 is 0 Å². The molecule has 0 saturated heterocycles. The van der Waals surface area contributed by atoms with Crippen molar-refractivity contribution in [3.63, 3.8) is 0 Å². The fourth-order valence-electron chi connectivity index (χ4n) is 3.00. The molecule has 0 bridgehead atoms. The Kier molecular flexibility index (Phi) is 7.48. The molecule has 154 valence electrons. The standard InChI is InChI=1S/C26H30N2P2/c1-25(2,29-23-13-7-9-19-27-23)17-15-21-11-5-6-12-22(21)16-18-26(3,4)30-24-14-8-10-20-28-24/h5-20,27-28H,1-4H3. The summed E-state index contributed by atoms with van der Waals surface area (Å²) in [5, 5.41) is 2.52. The number of hydrogen-bond acceptors (Lipinski definition) is 0. The molecule has 2 heterocycles. The Morgan fingerprint density at radius 2 is 1.00 bits per heavy atom. The van der Waals surface area contributed by atoms with Crippen LogP contribution in [0.25, 0.3) is 12.2 Å². The van der Waals surface area contributed by atoms with Crippen molar-refractivity contribution in [3.8, 4) is 0 Å². The predicted octanol–water partition coefficient (Wildman–Crippen LogP) is 8.28. The number of H-pyrrole nitrogens is 2. The molecular formula is C26H30N2P2. The molecule has 0 aliphatic rings. The number of aromatic nitrogens is 2. The average Bonchev–Trinajstić information content (AvgIpc) is 2.72. The molecule has 0 fully saturated rings.